The van der Waals surface area contributed by atoms with Crippen LogP contribution in [0.15, 0.2) is 24.5 Å². The SMILES string of the molecule is NCCCNc1ccc(NCCCN)c2c1C(=O)c1cnncc1C2=O. The van der Waals surface area contributed by atoms with Crippen molar-refractivity contribution >= 4 is 22.9 Å². The molecule has 0 unspecified atom stereocenters. The highest BCUT2D eigenvalue weighted by Gasteiger charge is 2.34. The third kappa shape index (κ3) is 3.29. The lowest BCUT2D eigenvalue weighted by Gasteiger charge is -2.23. The van der Waals surface area contributed by atoms with Gasteiger partial charge in [-0.2, -0.15) is 10.2 Å². The van der Waals surface area contributed by atoms with Crippen LogP contribution in [0.5, 0.6) is 0 Å². The van der Waals surface area contributed by atoms with Crippen molar-refractivity contribution in [1.82, 2.24) is 10.2 Å². The number of ketones is 2. The molecule has 0 saturated heterocycles. The Balaban J connectivity index is 2.07. The fourth-order valence-corrected chi connectivity index (χ4v) is 2.97. The molecule has 1 heterocycles. The van der Waals surface area contributed by atoms with E-state index < -0.39 is 0 Å². The second-order valence-electron chi connectivity index (χ2n) is 6.02. The summed E-state index contributed by atoms with van der Waals surface area (Å²) in [6, 6.07) is 3.62. The van der Waals surface area contributed by atoms with Gasteiger partial charge >= 0.3 is 0 Å². The Morgan fingerprint density at radius 1 is 0.769 bits per heavy atom. The van der Waals surface area contributed by atoms with E-state index in [1.807, 2.05) is 12.1 Å². The van der Waals surface area contributed by atoms with E-state index in [2.05, 4.69) is 20.8 Å². The zero-order valence-corrected chi connectivity index (χ0v) is 14.4. The molecular formula is C18H22N6O2. The molecule has 1 aliphatic rings. The molecule has 1 aliphatic carbocycles. The molecule has 0 saturated carbocycles. The van der Waals surface area contributed by atoms with E-state index in [4.69, 9.17) is 11.5 Å². The summed E-state index contributed by atoms with van der Waals surface area (Å²) in [4.78, 5) is 26.1. The number of nitrogens with zero attached hydrogens (tertiary/aromatic N) is 2. The topological polar surface area (TPSA) is 136 Å². The number of nitrogens with one attached hydrogen (secondary N) is 2. The Morgan fingerprint density at radius 2 is 1.19 bits per heavy atom. The summed E-state index contributed by atoms with van der Waals surface area (Å²) in [5.41, 5.74) is 13.6. The number of hydrogen-bond donors (Lipinski definition) is 4. The zero-order valence-electron chi connectivity index (χ0n) is 14.4. The van der Waals surface area contributed by atoms with Crippen molar-refractivity contribution in [1.29, 1.82) is 0 Å². The maximum atomic E-state index is 13.1. The van der Waals surface area contributed by atoms with E-state index in [9.17, 15) is 9.59 Å². The van der Waals surface area contributed by atoms with Crippen LogP contribution in [0.3, 0.4) is 0 Å². The van der Waals surface area contributed by atoms with Crippen LogP contribution in [0.25, 0.3) is 0 Å². The molecule has 0 fully saturated rings. The number of benzene rings is 1. The predicted octanol–water partition coefficient (Wildman–Crippen LogP) is 0.773. The van der Waals surface area contributed by atoms with Crippen LogP contribution in [0.2, 0.25) is 0 Å². The van der Waals surface area contributed by atoms with Crippen molar-refractivity contribution in [2.75, 3.05) is 36.8 Å². The van der Waals surface area contributed by atoms with Crippen LogP contribution in [0.4, 0.5) is 11.4 Å². The fraction of sp³-hybridized carbons (Fsp3) is 0.333. The molecule has 0 spiro atoms. The molecule has 0 amide bonds. The van der Waals surface area contributed by atoms with Gasteiger partial charge in [-0.25, -0.2) is 0 Å². The molecule has 0 aliphatic heterocycles. The quantitative estimate of drug-likeness (QED) is 0.436. The third-order valence-corrected chi connectivity index (χ3v) is 4.27. The molecule has 136 valence electrons. The van der Waals surface area contributed by atoms with Crippen molar-refractivity contribution < 1.29 is 9.59 Å². The number of nitrogens with two attached hydrogens (primary N) is 2. The Labute approximate surface area is 151 Å². The normalized spacial score (nSPS) is 12.5. The molecule has 0 atom stereocenters. The van der Waals surface area contributed by atoms with Crippen LogP contribution in [-0.2, 0) is 0 Å². The van der Waals surface area contributed by atoms with E-state index in [-0.39, 0.29) is 22.7 Å². The molecule has 8 heteroatoms. The molecule has 2 aromatic rings. The average Bonchev–Trinajstić information content (AvgIpc) is 2.67. The van der Waals surface area contributed by atoms with Crippen LogP contribution in [0, 0.1) is 0 Å². The van der Waals surface area contributed by atoms with Crippen LogP contribution in [-0.4, -0.2) is 47.9 Å². The first-order chi connectivity index (χ1) is 12.7. The number of fused-ring (bicyclic) bond motifs is 2. The second-order valence-corrected chi connectivity index (χ2v) is 6.02. The molecule has 1 aromatic heterocycles. The van der Waals surface area contributed by atoms with Crippen molar-refractivity contribution in [3.8, 4) is 0 Å². The van der Waals surface area contributed by atoms with Gasteiger partial charge in [-0.15, -0.1) is 0 Å². The van der Waals surface area contributed by atoms with Gasteiger partial charge in [0, 0.05) is 24.5 Å². The third-order valence-electron chi connectivity index (χ3n) is 4.27. The van der Waals surface area contributed by atoms with E-state index in [0.717, 1.165) is 12.8 Å². The first-order valence-corrected chi connectivity index (χ1v) is 8.64. The Kier molecular flexibility index (Phi) is 5.55. The minimum atomic E-state index is -0.234. The second kappa shape index (κ2) is 8.03. The maximum absolute atomic E-state index is 13.1. The van der Waals surface area contributed by atoms with Crippen molar-refractivity contribution in [3.05, 3.63) is 46.8 Å². The first kappa shape index (κ1) is 18.0. The number of carbonyl (C=O) groups is 2. The molecule has 8 nitrogen and oxygen atoms in total. The molecule has 3 rings (SSSR count). The van der Waals surface area contributed by atoms with Crippen molar-refractivity contribution in [3.63, 3.8) is 0 Å². The maximum Gasteiger partial charge on any atom is 0.198 e. The molecular weight excluding hydrogens is 332 g/mol. The van der Waals surface area contributed by atoms with Crippen molar-refractivity contribution in [2.45, 2.75) is 12.8 Å². The number of carbonyl (C=O) groups excluding carboxylic acids is 2. The van der Waals surface area contributed by atoms with Gasteiger partial charge in [-0.05, 0) is 38.1 Å². The van der Waals surface area contributed by atoms with Gasteiger partial charge in [0.2, 0.25) is 0 Å². The molecule has 1 aromatic carbocycles. The Bertz CT molecular complexity index is 768. The standard InChI is InChI=1S/C18H22N6O2/c19-5-1-7-21-13-3-4-14(22-8-2-6-20)16-15(13)17(25)11-9-23-24-10-12(11)18(16)26/h3-4,9-10,21-22H,1-2,5-8,19-20H2. The monoisotopic (exact) mass is 354 g/mol. The van der Waals surface area contributed by atoms with Gasteiger partial charge in [0.25, 0.3) is 0 Å². The lowest BCUT2D eigenvalue weighted by atomic mass is 9.83. The minimum Gasteiger partial charge on any atom is -0.384 e. The molecule has 0 bridgehead atoms. The molecule has 26 heavy (non-hydrogen) atoms. The fourth-order valence-electron chi connectivity index (χ4n) is 2.97. The summed E-state index contributed by atoms with van der Waals surface area (Å²) in [6.07, 6.45) is 4.21. The number of rotatable bonds is 8. The highest BCUT2D eigenvalue weighted by atomic mass is 16.1. The summed E-state index contributed by atoms with van der Waals surface area (Å²) in [5, 5.41) is 13.9. The van der Waals surface area contributed by atoms with E-state index in [1.54, 1.807) is 0 Å². The summed E-state index contributed by atoms with van der Waals surface area (Å²) in [5.74, 6) is -0.468. The van der Waals surface area contributed by atoms with E-state index in [1.165, 1.54) is 12.4 Å². The van der Waals surface area contributed by atoms with E-state index >= 15 is 0 Å². The van der Waals surface area contributed by atoms with Gasteiger partial charge in [-0.3, -0.25) is 9.59 Å². The highest BCUT2D eigenvalue weighted by Crippen LogP contribution is 2.36. The summed E-state index contributed by atoms with van der Waals surface area (Å²) >= 11 is 0. The summed E-state index contributed by atoms with van der Waals surface area (Å²) < 4.78 is 0. The molecule has 6 N–H and O–H groups in total. The smallest absolute Gasteiger partial charge is 0.198 e. The minimum absolute atomic E-state index is 0.234. The van der Waals surface area contributed by atoms with Crippen LogP contribution < -0.4 is 22.1 Å². The van der Waals surface area contributed by atoms with Gasteiger partial charge in [0.1, 0.15) is 0 Å². The zero-order chi connectivity index (χ0) is 18.5. The summed E-state index contributed by atoms with van der Waals surface area (Å²) in [7, 11) is 0. The predicted molar refractivity (Wildman–Crippen MR) is 99.7 cm³/mol. The van der Waals surface area contributed by atoms with Gasteiger partial charge in [-0.1, -0.05) is 0 Å². The Morgan fingerprint density at radius 3 is 1.58 bits per heavy atom. The number of aromatic nitrogens is 2. The Hall–Kier alpha value is -2.84. The van der Waals surface area contributed by atoms with Gasteiger partial charge in [0.05, 0.1) is 34.6 Å². The van der Waals surface area contributed by atoms with Gasteiger partial charge < -0.3 is 22.1 Å². The average molecular weight is 354 g/mol. The van der Waals surface area contributed by atoms with Crippen LogP contribution >= 0.6 is 0 Å². The summed E-state index contributed by atoms with van der Waals surface area (Å²) in [6.45, 7) is 2.32. The van der Waals surface area contributed by atoms with E-state index in [0.29, 0.717) is 48.7 Å². The lowest BCUT2D eigenvalue weighted by Crippen LogP contribution is -2.25. The van der Waals surface area contributed by atoms with Crippen LogP contribution in [0.1, 0.15) is 44.7 Å². The largest absolute Gasteiger partial charge is 0.384 e. The van der Waals surface area contributed by atoms with Crippen molar-refractivity contribution in [2.24, 2.45) is 11.5 Å². The lowest BCUT2D eigenvalue weighted by molar-refractivity contribution is 0.0979. The molecule has 0 radical (unpaired) electrons. The number of hydrogen-bond acceptors (Lipinski definition) is 8. The first-order valence-electron chi connectivity index (χ1n) is 8.64. The highest BCUT2D eigenvalue weighted by molar-refractivity contribution is 6.31. The number of anilines is 2. The van der Waals surface area contributed by atoms with Gasteiger partial charge in [0.15, 0.2) is 11.6 Å².